The Labute approximate surface area is 229 Å². The molecule has 0 saturated heterocycles. The molecule has 214 valence electrons. The first-order chi connectivity index (χ1) is 18.6. The van der Waals surface area contributed by atoms with E-state index in [0.29, 0.717) is 34.1 Å². The Balaban J connectivity index is 2.48. The van der Waals surface area contributed by atoms with Gasteiger partial charge in [0.1, 0.15) is 6.10 Å². The Morgan fingerprint density at radius 1 is 0.897 bits per heavy atom. The van der Waals surface area contributed by atoms with Crippen LogP contribution in [0.5, 0.6) is 34.5 Å². The third-order valence-corrected chi connectivity index (χ3v) is 7.10. The van der Waals surface area contributed by atoms with E-state index in [2.05, 4.69) is 6.07 Å². The molecule has 0 aliphatic carbocycles. The maximum atomic E-state index is 12.0. The molecule has 2 rings (SSSR count). The minimum absolute atomic E-state index is 0.0233. The molecule has 2 aromatic rings. The monoisotopic (exact) mass is 546 g/mol. The average molecular weight is 547 g/mol. The van der Waals surface area contributed by atoms with Crippen molar-refractivity contribution < 1.29 is 38.5 Å². The van der Waals surface area contributed by atoms with E-state index in [1.54, 1.807) is 24.3 Å². The first kappa shape index (κ1) is 31.3. The number of hydrogen-bond acceptors (Lipinski definition) is 10. The van der Waals surface area contributed by atoms with Crippen LogP contribution in [0, 0.1) is 27.4 Å². The van der Waals surface area contributed by atoms with Gasteiger partial charge in [-0.1, -0.05) is 19.9 Å². The normalized spacial score (nSPS) is 14.0. The van der Waals surface area contributed by atoms with Crippen molar-refractivity contribution >= 4 is 0 Å². The number of methoxy groups -OCH3 is 6. The largest absolute Gasteiger partial charge is 0.493 e. The van der Waals surface area contributed by atoms with Gasteiger partial charge in [0.2, 0.25) is 17.5 Å². The van der Waals surface area contributed by atoms with Crippen LogP contribution in [0.15, 0.2) is 24.3 Å². The van der Waals surface area contributed by atoms with E-state index in [1.807, 2.05) is 13.8 Å². The Kier molecular flexibility index (Phi) is 11.0. The molecular formula is C28H38N2O9. The molecule has 11 heteroatoms. The summed E-state index contributed by atoms with van der Waals surface area (Å²) in [6, 6.07) is 7.75. The van der Waals surface area contributed by atoms with E-state index in [0.717, 1.165) is 0 Å². The molecule has 0 amide bonds. The summed E-state index contributed by atoms with van der Waals surface area (Å²) in [5.41, 5.74) is -0.124. The van der Waals surface area contributed by atoms with Crippen molar-refractivity contribution in [3.05, 3.63) is 45.5 Å². The molecule has 0 spiro atoms. The van der Waals surface area contributed by atoms with Crippen LogP contribution >= 0.6 is 0 Å². The van der Waals surface area contributed by atoms with Crippen molar-refractivity contribution in [1.82, 2.24) is 0 Å². The Morgan fingerprint density at radius 3 is 1.95 bits per heavy atom. The molecule has 0 heterocycles. The molecule has 0 saturated carbocycles. The lowest BCUT2D eigenvalue weighted by Gasteiger charge is -2.34. The molecule has 0 aromatic heterocycles. The Bertz CT molecular complexity index is 1180. The number of ether oxygens (including phenoxy) is 6. The van der Waals surface area contributed by atoms with Gasteiger partial charge in [-0.15, -0.1) is 0 Å². The fourth-order valence-corrected chi connectivity index (χ4v) is 4.81. The van der Waals surface area contributed by atoms with Crippen molar-refractivity contribution in [2.75, 3.05) is 42.7 Å². The number of aliphatic hydroxyl groups excluding tert-OH is 1. The van der Waals surface area contributed by atoms with Crippen LogP contribution in [-0.2, 0) is 11.8 Å². The van der Waals surface area contributed by atoms with Gasteiger partial charge >= 0.3 is 0 Å². The van der Waals surface area contributed by atoms with Crippen molar-refractivity contribution in [3.8, 4) is 40.6 Å². The van der Waals surface area contributed by atoms with Gasteiger partial charge < -0.3 is 33.5 Å². The van der Waals surface area contributed by atoms with Gasteiger partial charge in [-0.25, -0.2) is 0 Å². The van der Waals surface area contributed by atoms with Crippen LogP contribution in [0.25, 0.3) is 0 Å². The standard InChI is InChI=1S/C28H38N2O9/c1-17(2)28(16-29,19-15-24(36-5)26(38-7)27(39-8)25(19)37-6)12-11-21(31)20(30(32)33)13-18-9-10-22(34-3)23(14-18)35-4/h9-10,14-15,17,20-21,31H,11-13H2,1-8H3. The van der Waals surface area contributed by atoms with Gasteiger partial charge in [0.05, 0.1) is 54.1 Å². The highest BCUT2D eigenvalue weighted by Gasteiger charge is 2.43. The lowest BCUT2D eigenvalue weighted by Crippen LogP contribution is -2.39. The summed E-state index contributed by atoms with van der Waals surface area (Å²) < 4.78 is 32.7. The molecular weight excluding hydrogens is 508 g/mol. The summed E-state index contributed by atoms with van der Waals surface area (Å²) in [6.45, 7) is 3.74. The van der Waals surface area contributed by atoms with E-state index in [-0.39, 0.29) is 36.7 Å². The van der Waals surface area contributed by atoms with E-state index >= 15 is 0 Å². The number of hydrogen-bond donors (Lipinski definition) is 1. The minimum Gasteiger partial charge on any atom is -0.493 e. The van der Waals surface area contributed by atoms with E-state index < -0.39 is 22.5 Å². The van der Waals surface area contributed by atoms with Crippen molar-refractivity contribution in [2.24, 2.45) is 5.92 Å². The van der Waals surface area contributed by atoms with Gasteiger partial charge in [0, 0.05) is 16.9 Å². The molecule has 0 aliphatic heterocycles. The van der Waals surface area contributed by atoms with Gasteiger partial charge in [-0.3, -0.25) is 10.1 Å². The van der Waals surface area contributed by atoms with Gasteiger partial charge in [-0.2, -0.15) is 5.26 Å². The van der Waals surface area contributed by atoms with Crippen LogP contribution in [0.1, 0.15) is 37.8 Å². The van der Waals surface area contributed by atoms with Gasteiger partial charge in [0.25, 0.3) is 0 Å². The first-order valence-corrected chi connectivity index (χ1v) is 12.4. The summed E-state index contributed by atoms with van der Waals surface area (Å²) >= 11 is 0. The van der Waals surface area contributed by atoms with Gasteiger partial charge in [0.15, 0.2) is 23.0 Å². The summed E-state index contributed by atoms with van der Waals surface area (Å²) in [4.78, 5) is 11.5. The minimum atomic E-state index is -1.34. The first-order valence-electron chi connectivity index (χ1n) is 12.4. The highest BCUT2D eigenvalue weighted by Crippen LogP contribution is 2.52. The summed E-state index contributed by atoms with van der Waals surface area (Å²) in [6.07, 6.45) is -1.30. The van der Waals surface area contributed by atoms with Crippen molar-refractivity contribution in [2.45, 2.75) is 50.7 Å². The molecule has 39 heavy (non-hydrogen) atoms. The SMILES string of the molecule is COc1ccc(CC(C(O)CCC(C#N)(c2cc(OC)c(OC)c(OC)c2OC)C(C)C)[N+](=O)[O-])cc1OC. The molecule has 0 bridgehead atoms. The lowest BCUT2D eigenvalue weighted by atomic mass is 9.68. The van der Waals surface area contributed by atoms with Crippen molar-refractivity contribution in [1.29, 1.82) is 5.26 Å². The van der Waals surface area contributed by atoms with E-state index in [1.165, 1.54) is 42.7 Å². The maximum absolute atomic E-state index is 12.0. The topological polar surface area (TPSA) is 143 Å². The lowest BCUT2D eigenvalue weighted by molar-refractivity contribution is -0.534. The van der Waals surface area contributed by atoms with E-state index in [9.17, 15) is 20.5 Å². The van der Waals surface area contributed by atoms with Gasteiger partial charge in [-0.05, 0) is 42.5 Å². The second kappa shape index (κ2) is 13.8. The predicted molar refractivity (Wildman–Crippen MR) is 144 cm³/mol. The third kappa shape index (κ3) is 6.40. The molecule has 2 aromatic carbocycles. The van der Waals surface area contributed by atoms with E-state index in [4.69, 9.17) is 28.4 Å². The number of rotatable bonds is 15. The zero-order valence-corrected chi connectivity index (χ0v) is 23.8. The third-order valence-electron chi connectivity index (χ3n) is 7.10. The zero-order valence-electron chi connectivity index (χ0n) is 23.8. The average Bonchev–Trinajstić information content (AvgIpc) is 2.94. The summed E-state index contributed by atoms with van der Waals surface area (Å²) in [7, 11) is 8.82. The van der Waals surface area contributed by atoms with Crippen LogP contribution in [-0.4, -0.2) is 64.8 Å². The maximum Gasteiger partial charge on any atom is 0.242 e. The molecule has 0 aliphatic rings. The molecule has 1 N–H and O–H groups in total. The molecule has 0 fully saturated rings. The second-order valence-corrected chi connectivity index (χ2v) is 9.32. The molecule has 0 radical (unpaired) electrons. The number of nitriles is 1. The fraction of sp³-hybridized carbons (Fsp3) is 0.536. The number of nitrogens with zero attached hydrogens (tertiary/aromatic N) is 2. The summed E-state index contributed by atoms with van der Waals surface area (Å²) in [5.74, 6) is 1.84. The van der Waals surface area contributed by atoms with Crippen LogP contribution in [0.4, 0.5) is 0 Å². The number of benzene rings is 2. The second-order valence-electron chi connectivity index (χ2n) is 9.32. The highest BCUT2D eigenvalue weighted by molar-refractivity contribution is 5.65. The highest BCUT2D eigenvalue weighted by atomic mass is 16.6. The number of nitro groups is 1. The molecule has 3 unspecified atom stereocenters. The van der Waals surface area contributed by atoms with Crippen LogP contribution in [0.2, 0.25) is 0 Å². The fourth-order valence-electron chi connectivity index (χ4n) is 4.81. The zero-order chi connectivity index (χ0) is 29.3. The van der Waals surface area contributed by atoms with Crippen LogP contribution < -0.4 is 28.4 Å². The Hall–Kier alpha value is -3.91. The number of aliphatic hydroxyl groups is 1. The summed E-state index contributed by atoms with van der Waals surface area (Å²) in [5, 5.41) is 33.6. The molecule has 11 nitrogen and oxygen atoms in total. The quantitative estimate of drug-likeness (QED) is 0.255. The predicted octanol–water partition coefficient (Wildman–Crippen LogP) is 4.18. The molecule has 3 atom stereocenters. The van der Waals surface area contributed by atoms with Crippen molar-refractivity contribution in [3.63, 3.8) is 0 Å². The van der Waals surface area contributed by atoms with Crippen LogP contribution in [0.3, 0.4) is 0 Å². The Morgan fingerprint density at radius 2 is 1.49 bits per heavy atom. The smallest absolute Gasteiger partial charge is 0.242 e.